The molecule has 0 bridgehead atoms. The predicted molar refractivity (Wildman–Crippen MR) is 64.7 cm³/mol. The number of hydrogen-bond donors (Lipinski definition) is 1. The van der Waals surface area contributed by atoms with Gasteiger partial charge in [0.25, 0.3) is 0 Å². The van der Waals surface area contributed by atoms with E-state index in [1.807, 2.05) is 25.1 Å². The summed E-state index contributed by atoms with van der Waals surface area (Å²) in [5.74, 6) is 0.952. The molecular formula is C12H15N5. The molecule has 2 aromatic heterocycles. The van der Waals surface area contributed by atoms with Crippen molar-refractivity contribution in [3.63, 3.8) is 0 Å². The van der Waals surface area contributed by atoms with Gasteiger partial charge in [-0.05, 0) is 38.0 Å². The summed E-state index contributed by atoms with van der Waals surface area (Å²) < 4.78 is 0. The summed E-state index contributed by atoms with van der Waals surface area (Å²) in [7, 11) is 0. The van der Waals surface area contributed by atoms with E-state index in [2.05, 4.69) is 25.3 Å². The van der Waals surface area contributed by atoms with E-state index < -0.39 is 0 Å². The second-order valence-corrected chi connectivity index (χ2v) is 4.40. The highest BCUT2D eigenvalue weighted by Gasteiger charge is 2.28. The molecule has 1 N–H and O–H groups in total. The van der Waals surface area contributed by atoms with Crippen LogP contribution >= 0.6 is 0 Å². The lowest BCUT2D eigenvalue weighted by Crippen LogP contribution is -2.24. The molecule has 0 aromatic carbocycles. The Labute approximate surface area is 99.9 Å². The van der Waals surface area contributed by atoms with E-state index in [0.717, 1.165) is 30.2 Å². The summed E-state index contributed by atoms with van der Waals surface area (Å²) in [4.78, 5) is 2.29. The van der Waals surface area contributed by atoms with Crippen LogP contribution in [0.4, 0.5) is 5.82 Å². The number of aromatic nitrogens is 4. The second kappa shape index (κ2) is 4.16. The van der Waals surface area contributed by atoms with E-state index in [-0.39, 0.29) is 0 Å². The van der Waals surface area contributed by atoms with Gasteiger partial charge in [-0.3, -0.25) is 5.10 Å². The minimum Gasteiger partial charge on any atom is -0.347 e. The zero-order valence-corrected chi connectivity index (χ0v) is 9.80. The largest absolute Gasteiger partial charge is 0.347 e. The predicted octanol–water partition coefficient (Wildman–Crippen LogP) is 1.85. The molecule has 3 heterocycles. The smallest absolute Gasteiger partial charge is 0.151 e. The highest BCUT2D eigenvalue weighted by Crippen LogP contribution is 2.33. The summed E-state index contributed by atoms with van der Waals surface area (Å²) in [6.45, 7) is 2.98. The Balaban J connectivity index is 1.89. The van der Waals surface area contributed by atoms with Gasteiger partial charge >= 0.3 is 0 Å². The van der Waals surface area contributed by atoms with Crippen molar-refractivity contribution in [1.82, 2.24) is 20.4 Å². The third kappa shape index (κ3) is 1.88. The van der Waals surface area contributed by atoms with Crippen LogP contribution in [0.1, 0.15) is 30.3 Å². The normalized spacial score (nSPS) is 19.8. The summed E-state index contributed by atoms with van der Waals surface area (Å²) in [5, 5.41) is 15.5. The lowest BCUT2D eigenvalue weighted by atomic mass is 10.1. The molecule has 17 heavy (non-hydrogen) atoms. The van der Waals surface area contributed by atoms with Gasteiger partial charge in [-0.15, -0.1) is 5.10 Å². The molecule has 2 aromatic rings. The van der Waals surface area contributed by atoms with Gasteiger partial charge in [0.05, 0.1) is 17.4 Å². The van der Waals surface area contributed by atoms with E-state index in [4.69, 9.17) is 0 Å². The Kier molecular flexibility index (Phi) is 2.51. The maximum atomic E-state index is 4.26. The Morgan fingerprint density at radius 1 is 1.29 bits per heavy atom. The SMILES string of the molecule is Cc1ccc(N2CCC[C@H]2c2ccn[nH]2)nn1. The van der Waals surface area contributed by atoms with Crippen molar-refractivity contribution in [2.24, 2.45) is 0 Å². The number of aryl methyl sites for hydroxylation is 1. The monoisotopic (exact) mass is 229 g/mol. The molecule has 0 unspecified atom stereocenters. The van der Waals surface area contributed by atoms with Gasteiger partial charge in [-0.25, -0.2) is 0 Å². The van der Waals surface area contributed by atoms with Crippen molar-refractivity contribution in [3.8, 4) is 0 Å². The molecule has 1 atom stereocenters. The van der Waals surface area contributed by atoms with Gasteiger partial charge in [0.2, 0.25) is 0 Å². The first-order chi connectivity index (χ1) is 8.34. The summed E-state index contributed by atoms with van der Waals surface area (Å²) >= 11 is 0. The van der Waals surface area contributed by atoms with Gasteiger partial charge in [0.1, 0.15) is 0 Å². The van der Waals surface area contributed by atoms with Gasteiger partial charge in [-0.2, -0.15) is 10.2 Å². The minimum absolute atomic E-state index is 0.356. The molecule has 0 spiro atoms. The Bertz CT molecular complexity index is 476. The molecular weight excluding hydrogens is 214 g/mol. The van der Waals surface area contributed by atoms with E-state index in [1.165, 1.54) is 6.42 Å². The number of hydrogen-bond acceptors (Lipinski definition) is 4. The number of H-pyrrole nitrogens is 1. The van der Waals surface area contributed by atoms with Crippen LogP contribution in [0.5, 0.6) is 0 Å². The maximum Gasteiger partial charge on any atom is 0.151 e. The van der Waals surface area contributed by atoms with E-state index in [0.29, 0.717) is 6.04 Å². The first-order valence-corrected chi connectivity index (χ1v) is 5.91. The molecule has 88 valence electrons. The minimum atomic E-state index is 0.356. The lowest BCUT2D eigenvalue weighted by Gasteiger charge is -2.24. The standard InChI is InChI=1S/C12H15N5/c1-9-4-5-12(16-14-9)17-8-2-3-11(17)10-6-7-13-15-10/h4-7,11H,2-3,8H2,1H3,(H,13,15)/t11-/m0/s1. The Hall–Kier alpha value is -1.91. The first-order valence-electron chi connectivity index (χ1n) is 5.91. The summed E-state index contributed by atoms with van der Waals surface area (Å²) in [6, 6.07) is 6.43. The maximum absolute atomic E-state index is 4.26. The molecule has 5 nitrogen and oxygen atoms in total. The Morgan fingerprint density at radius 2 is 2.24 bits per heavy atom. The highest BCUT2D eigenvalue weighted by atomic mass is 15.3. The zero-order chi connectivity index (χ0) is 11.7. The van der Waals surface area contributed by atoms with Crippen LogP contribution in [0.15, 0.2) is 24.4 Å². The molecule has 3 rings (SSSR count). The van der Waals surface area contributed by atoms with Crippen molar-refractivity contribution in [2.45, 2.75) is 25.8 Å². The van der Waals surface area contributed by atoms with E-state index in [9.17, 15) is 0 Å². The molecule has 1 aliphatic heterocycles. The molecule has 1 fully saturated rings. The Morgan fingerprint density at radius 3 is 2.94 bits per heavy atom. The fourth-order valence-corrected chi connectivity index (χ4v) is 2.36. The quantitative estimate of drug-likeness (QED) is 0.853. The van der Waals surface area contributed by atoms with Gasteiger partial charge in [0, 0.05) is 12.7 Å². The van der Waals surface area contributed by atoms with Gasteiger partial charge in [0.15, 0.2) is 5.82 Å². The molecule has 0 radical (unpaired) electrons. The number of nitrogens with zero attached hydrogens (tertiary/aromatic N) is 4. The zero-order valence-electron chi connectivity index (χ0n) is 9.80. The van der Waals surface area contributed by atoms with E-state index >= 15 is 0 Å². The number of aromatic amines is 1. The fraction of sp³-hybridized carbons (Fsp3) is 0.417. The molecule has 0 saturated carbocycles. The third-order valence-corrected chi connectivity index (χ3v) is 3.21. The molecule has 1 saturated heterocycles. The van der Waals surface area contributed by atoms with Crippen LogP contribution in [0.3, 0.4) is 0 Å². The van der Waals surface area contributed by atoms with Gasteiger partial charge < -0.3 is 4.90 Å². The second-order valence-electron chi connectivity index (χ2n) is 4.40. The van der Waals surface area contributed by atoms with Crippen molar-refractivity contribution in [3.05, 3.63) is 35.8 Å². The van der Waals surface area contributed by atoms with Crippen LogP contribution < -0.4 is 4.90 Å². The fourth-order valence-electron chi connectivity index (χ4n) is 2.36. The average Bonchev–Trinajstić information content (AvgIpc) is 3.00. The van der Waals surface area contributed by atoms with Crippen LogP contribution in [0, 0.1) is 6.92 Å². The summed E-state index contributed by atoms with van der Waals surface area (Å²) in [5.41, 5.74) is 2.11. The van der Waals surface area contributed by atoms with Crippen molar-refractivity contribution in [1.29, 1.82) is 0 Å². The van der Waals surface area contributed by atoms with Crippen LogP contribution in [-0.2, 0) is 0 Å². The van der Waals surface area contributed by atoms with E-state index in [1.54, 1.807) is 6.20 Å². The average molecular weight is 229 g/mol. The summed E-state index contributed by atoms with van der Waals surface area (Å²) in [6.07, 6.45) is 4.11. The number of nitrogens with one attached hydrogen (secondary N) is 1. The van der Waals surface area contributed by atoms with Crippen molar-refractivity contribution >= 4 is 5.82 Å². The van der Waals surface area contributed by atoms with Crippen LogP contribution in [0.25, 0.3) is 0 Å². The molecule has 5 heteroatoms. The lowest BCUT2D eigenvalue weighted by molar-refractivity contribution is 0.678. The third-order valence-electron chi connectivity index (χ3n) is 3.21. The molecule has 0 amide bonds. The molecule has 1 aliphatic rings. The highest BCUT2D eigenvalue weighted by molar-refractivity contribution is 5.41. The van der Waals surface area contributed by atoms with Crippen molar-refractivity contribution in [2.75, 3.05) is 11.4 Å². The number of anilines is 1. The first kappa shape index (κ1) is 10.3. The number of rotatable bonds is 2. The molecule has 0 aliphatic carbocycles. The van der Waals surface area contributed by atoms with Gasteiger partial charge in [-0.1, -0.05) is 0 Å². The van der Waals surface area contributed by atoms with Crippen LogP contribution in [-0.4, -0.2) is 26.9 Å². The topological polar surface area (TPSA) is 57.7 Å². The van der Waals surface area contributed by atoms with Crippen molar-refractivity contribution < 1.29 is 0 Å². The van der Waals surface area contributed by atoms with Crippen LogP contribution in [0.2, 0.25) is 0 Å².